The number of rotatable bonds is 3. The van der Waals surface area contributed by atoms with Crippen molar-refractivity contribution in [3.63, 3.8) is 0 Å². The van der Waals surface area contributed by atoms with Crippen LogP contribution < -0.4 is 0 Å². The van der Waals surface area contributed by atoms with Crippen molar-refractivity contribution in [1.82, 2.24) is 4.57 Å². The Labute approximate surface area is 146 Å². The third-order valence-electron chi connectivity index (χ3n) is 5.88. The Morgan fingerprint density at radius 1 is 0.917 bits per heavy atom. The minimum absolute atomic E-state index is 0.586. The molecule has 1 nitrogen and oxygen atoms in total. The van der Waals surface area contributed by atoms with Crippen LogP contribution in [0.4, 0.5) is 0 Å². The third-order valence-corrected chi connectivity index (χ3v) is 10.1. The number of benzene rings is 1. The van der Waals surface area contributed by atoms with E-state index >= 15 is 0 Å². The van der Waals surface area contributed by atoms with Gasteiger partial charge in [0.15, 0.2) is 0 Å². The van der Waals surface area contributed by atoms with Gasteiger partial charge in [0, 0.05) is 18.0 Å². The van der Waals surface area contributed by atoms with Crippen molar-refractivity contribution >= 4 is 14.1 Å². The lowest BCUT2D eigenvalue weighted by Gasteiger charge is -2.33. The highest BCUT2D eigenvalue weighted by molar-refractivity contribution is 6.81. The maximum absolute atomic E-state index is 2.53. The highest BCUT2D eigenvalue weighted by Crippen LogP contribution is 2.45. The van der Waals surface area contributed by atoms with Crippen molar-refractivity contribution in [2.24, 2.45) is 0 Å². The van der Waals surface area contributed by atoms with Crippen LogP contribution in [-0.4, -0.2) is 12.6 Å². The Morgan fingerprint density at radius 3 is 2.25 bits per heavy atom. The average molecular weight is 332 g/mol. The predicted molar refractivity (Wildman–Crippen MR) is 107 cm³/mol. The van der Waals surface area contributed by atoms with Gasteiger partial charge in [-0.3, -0.25) is 0 Å². The summed E-state index contributed by atoms with van der Waals surface area (Å²) in [6.07, 6.45) is 18.5. The smallest absolute Gasteiger partial charge is 0.0707 e. The van der Waals surface area contributed by atoms with E-state index in [2.05, 4.69) is 98.6 Å². The summed E-state index contributed by atoms with van der Waals surface area (Å²) in [5.74, 6) is 0. The zero-order valence-corrected chi connectivity index (χ0v) is 16.0. The van der Waals surface area contributed by atoms with E-state index in [1.54, 1.807) is 0 Å². The van der Waals surface area contributed by atoms with Crippen LogP contribution in [0.25, 0.3) is 11.8 Å². The van der Waals surface area contributed by atoms with Crippen molar-refractivity contribution < 1.29 is 0 Å². The van der Waals surface area contributed by atoms with Crippen molar-refractivity contribution in [3.05, 3.63) is 83.2 Å². The molecule has 24 heavy (non-hydrogen) atoms. The molecule has 0 amide bonds. The second kappa shape index (κ2) is 5.49. The fourth-order valence-corrected chi connectivity index (χ4v) is 7.40. The molecule has 1 heterocycles. The second-order valence-electron chi connectivity index (χ2n) is 7.77. The van der Waals surface area contributed by atoms with E-state index in [0.29, 0.717) is 11.1 Å². The summed E-state index contributed by atoms with van der Waals surface area (Å²) >= 11 is 0. The molecule has 2 aliphatic rings. The molecule has 1 aromatic carbocycles. The van der Waals surface area contributed by atoms with Crippen LogP contribution in [0.5, 0.6) is 0 Å². The van der Waals surface area contributed by atoms with Gasteiger partial charge < -0.3 is 4.57 Å². The molecule has 0 fully saturated rings. The van der Waals surface area contributed by atoms with E-state index in [1.165, 1.54) is 27.9 Å². The molecule has 2 aliphatic carbocycles. The quantitative estimate of drug-likeness (QED) is 0.613. The number of allylic oxidation sites excluding steroid dienone is 5. The van der Waals surface area contributed by atoms with Crippen LogP contribution in [-0.2, 0) is 0 Å². The first-order valence-corrected chi connectivity index (χ1v) is 12.0. The largest absolute Gasteiger partial charge is 0.323 e. The summed E-state index contributed by atoms with van der Waals surface area (Å²) in [5.41, 5.74) is 8.15. The molecule has 0 aliphatic heterocycles. The van der Waals surface area contributed by atoms with Gasteiger partial charge in [0.1, 0.15) is 0 Å². The normalized spacial score (nSPS) is 19.4. The summed E-state index contributed by atoms with van der Waals surface area (Å²) in [4.78, 5) is 0. The lowest BCUT2D eigenvalue weighted by atomic mass is 10.1. The van der Waals surface area contributed by atoms with Crippen LogP contribution in [0, 0.1) is 13.8 Å². The van der Waals surface area contributed by atoms with E-state index in [1.807, 2.05) is 0 Å². The molecule has 122 valence electrons. The summed E-state index contributed by atoms with van der Waals surface area (Å²) in [6.45, 7) is 9.42. The number of nitrogens with zero attached hydrogens (tertiary/aromatic N) is 1. The van der Waals surface area contributed by atoms with Crippen molar-refractivity contribution in [2.75, 3.05) is 0 Å². The van der Waals surface area contributed by atoms with E-state index in [-0.39, 0.29) is 0 Å². The minimum Gasteiger partial charge on any atom is -0.323 e. The van der Waals surface area contributed by atoms with Gasteiger partial charge in [-0.1, -0.05) is 61.7 Å². The van der Waals surface area contributed by atoms with E-state index in [4.69, 9.17) is 0 Å². The molecule has 0 spiro atoms. The molecule has 0 radical (unpaired) electrons. The molecule has 1 unspecified atom stereocenters. The predicted octanol–water partition coefficient (Wildman–Crippen LogP) is 5.95. The van der Waals surface area contributed by atoms with Crippen molar-refractivity contribution in [2.45, 2.75) is 38.0 Å². The fourth-order valence-electron chi connectivity index (χ4n) is 4.13. The van der Waals surface area contributed by atoms with Crippen LogP contribution in [0.2, 0.25) is 18.6 Å². The Bertz CT molecular complexity index is 848. The Morgan fingerprint density at radius 2 is 1.58 bits per heavy atom. The Kier molecular flexibility index (Phi) is 3.54. The fraction of sp³-hybridized carbons (Fsp3) is 0.273. The zero-order valence-electron chi connectivity index (χ0n) is 15.0. The van der Waals surface area contributed by atoms with Gasteiger partial charge in [0.25, 0.3) is 0 Å². The van der Waals surface area contributed by atoms with Gasteiger partial charge in [0.05, 0.1) is 13.8 Å². The van der Waals surface area contributed by atoms with Crippen LogP contribution in [0.3, 0.4) is 0 Å². The number of hydrogen-bond donors (Lipinski definition) is 0. The number of aryl methyl sites for hydroxylation is 2. The summed E-state index contributed by atoms with van der Waals surface area (Å²) in [5, 5.41) is 0. The molecule has 0 bridgehead atoms. The number of hydrogen-bond acceptors (Lipinski definition) is 0. The molecule has 2 heteroatoms. The van der Waals surface area contributed by atoms with Gasteiger partial charge in [-0.2, -0.15) is 0 Å². The summed E-state index contributed by atoms with van der Waals surface area (Å²) in [6, 6.07) is 6.81. The molecular weight excluding hydrogens is 306 g/mol. The lowest BCUT2D eigenvalue weighted by molar-refractivity contribution is 1.04. The van der Waals surface area contributed by atoms with Crippen molar-refractivity contribution in [1.29, 1.82) is 0 Å². The van der Waals surface area contributed by atoms with E-state index < -0.39 is 8.07 Å². The van der Waals surface area contributed by atoms with E-state index in [9.17, 15) is 0 Å². The molecular formula is C22H25NSi. The maximum atomic E-state index is 2.53. The zero-order chi connectivity index (χ0) is 16.9. The molecule has 4 rings (SSSR count). The summed E-state index contributed by atoms with van der Waals surface area (Å²) in [7, 11) is -1.49. The van der Waals surface area contributed by atoms with Gasteiger partial charge in [-0.25, -0.2) is 0 Å². The van der Waals surface area contributed by atoms with Crippen molar-refractivity contribution in [3.8, 4) is 5.69 Å². The third kappa shape index (κ3) is 2.28. The molecule has 0 saturated heterocycles. The first-order chi connectivity index (χ1) is 11.5. The molecule has 0 N–H and O–H groups in total. The van der Waals surface area contributed by atoms with Gasteiger partial charge in [-0.15, -0.1) is 0 Å². The van der Waals surface area contributed by atoms with Gasteiger partial charge in [0.2, 0.25) is 0 Å². The highest BCUT2D eigenvalue weighted by Gasteiger charge is 2.40. The molecule has 2 aromatic rings. The first kappa shape index (κ1) is 15.5. The topological polar surface area (TPSA) is 4.93 Å². The first-order valence-electron chi connectivity index (χ1n) is 8.80. The lowest BCUT2D eigenvalue weighted by Crippen LogP contribution is -2.37. The van der Waals surface area contributed by atoms with Crippen LogP contribution in [0.15, 0.2) is 61.0 Å². The second-order valence-corrected chi connectivity index (χ2v) is 12.7. The van der Waals surface area contributed by atoms with Gasteiger partial charge >= 0.3 is 0 Å². The summed E-state index contributed by atoms with van der Waals surface area (Å²) < 4.78 is 2.29. The standard InChI is InChI=1S/C22H25NSi/c1-16-14-23(15-17(16)2)21-11-7-10-20-19(21)12-13-22(20)24(3,4)18-8-5-6-9-18/h5-15,18,22H,1-4H3. The maximum Gasteiger partial charge on any atom is 0.0707 e. The molecule has 0 saturated carbocycles. The monoisotopic (exact) mass is 331 g/mol. The van der Waals surface area contributed by atoms with Crippen LogP contribution in [0.1, 0.15) is 27.8 Å². The minimum atomic E-state index is -1.49. The van der Waals surface area contributed by atoms with Gasteiger partial charge in [-0.05, 0) is 47.7 Å². The Balaban J connectivity index is 1.78. The van der Waals surface area contributed by atoms with Crippen LogP contribution >= 0.6 is 0 Å². The number of aromatic nitrogens is 1. The SMILES string of the molecule is Cc1cn(-c2cccc3c2C=CC3[Si](C)(C)C2C=CC=C2)cc1C. The number of fused-ring (bicyclic) bond motifs is 1. The highest BCUT2D eigenvalue weighted by atomic mass is 28.3. The average Bonchev–Trinajstić information content (AvgIpc) is 3.27. The van der Waals surface area contributed by atoms with E-state index in [0.717, 1.165) is 0 Å². The Hall–Kier alpha value is -2.06. The molecule has 1 atom stereocenters. The molecule has 1 aromatic heterocycles.